The number of hydrogen-bond acceptors (Lipinski definition) is 3. The average Bonchev–Trinajstić information content (AvgIpc) is 2.99. The molecule has 0 radical (unpaired) electrons. The van der Waals surface area contributed by atoms with Crippen LogP contribution in [0, 0.1) is 0 Å². The number of aryl methyl sites for hydroxylation is 1. The van der Waals surface area contributed by atoms with Crippen molar-refractivity contribution in [3.8, 4) is 0 Å². The number of aromatic nitrogens is 1. The Morgan fingerprint density at radius 1 is 1.11 bits per heavy atom. The SMILES string of the molecule is CCCn1ccc2cc(NC(=O)NCC=CCNC(=O)OC(C)(C)C)ccc21. The number of hydrogen-bond donors (Lipinski definition) is 3. The van der Waals surface area contributed by atoms with Gasteiger partial charge in [-0.15, -0.1) is 0 Å². The number of carbonyl (C=O) groups is 2. The first kappa shape index (κ1) is 21.3. The normalized spacial score (nSPS) is 11.6. The molecule has 3 N–H and O–H groups in total. The molecular weight excluding hydrogens is 356 g/mol. The van der Waals surface area contributed by atoms with Gasteiger partial charge in [-0.3, -0.25) is 0 Å². The van der Waals surface area contributed by atoms with E-state index in [9.17, 15) is 9.59 Å². The molecule has 2 rings (SSSR count). The number of nitrogens with one attached hydrogen (secondary N) is 3. The van der Waals surface area contributed by atoms with Gasteiger partial charge in [0.15, 0.2) is 0 Å². The summed E-state index contributed by atoms with van der Waals surface area (Å²) in [5, 5.41) is 9.29. The lowest BCUT2D eigenvalue weighted by Gasteiger charge is -2.19. The summed E-state index contributed by atoms with van der Waals surface area (Å²) in [7, 11) is 0. The molecular formula is C21H30N4O3. The fraction of sp³-hybridized carbons (Fsp3) is 0.429. The van der Waals surface area contributed by atoms with Crippen molar-refractivity contribution in [2.45, 2.75) is 46.3 Å². The van der Waals surface area contributed by atoms with E-state index in [1.807, 2.05) is 39.0 Å². The third-order valence-corrected chi connectivity index (χ3v) is 3.80. The minimum Gasteiger partial charge on any atom is -0.444 e. The maximum absolute atomic E-state index is 12.0. The van der Waals surface area contributed by atoms with E-state index in [0.717, 1.165) is 29.6 Å². The van der Waals surface area contributed by atoms with Gasteiger partial charge in [0.05, 0.1) is 0 Å². The first-order valence-corrected chi connectivity index (χ1v) is 9.54. The lowest BCUT2D eigenvalue weighted by Crippen LogP contribution is -2.32. The molecule has 3 amide bonds. The van der Waals surface area contributed by atoms with Crippen molar-refractivity contribution in [3.63, 3.8) is 0 Å². The van der Waals surface area contributed by atoms with Crippen LogP contribution in [-0.4, -0.2) is 35.4 Å². The van der Waals surface area contributed by atoms with Gasteiger partial charge in [-0.1, -0.05) is 19.1 Å². The van der Waals surface area contributed by atoms with Gasteiger partial charge >= 0.3 is 12.1 Å². The number of fused-ring (bicyclic) bond motifs is 1. The molecule has 152 valence electrons. The van der Waals surface area contributed by atoms with E-state index in [4.69, 9.17) is 4.74 Å². The van der Waals surface area contributed by atoms with Gasteiger partial charge < -0.3 is 25.3 Å². The molecule has 0 saturated carbocycles. The minimum absolute atomic E-state index is 0.280. The summed E-state index contributed by atoms with van der Waals surface area (Å²) in [4.78, 5) is 23.5. The van der Waals surface area contributed by atoms with Crippen LogP contribution >= 0.6 is 0 Å². The average molecular weight is 386 g/mol. The van der Waals surface area contributed by atoms with Crippen LogP contribution in [-0.2, 0) is 11.3 Å². The van der Waals surface area contributed by atoms with Crippen molar-refractivity contribution in [1.82, 2.24) is 15.2 Å². The second kappa shape index (κ2) is 9.82. The Labute approximate surface area is 166 Å². The summed E-state index contributed by atoms with van der Waals surface area (Å²) < 4.78 is 7.33. The second-order valence-electron chi connectivity index (χ2n) is 7.47. The highest BCUT2D eigenvalue weighted by atomic mass is 16.6. The Morgan fingerprint density at radius 3 is 2.50 bits per heavy atom. The first-order chi connectivity index (χ1) is 13.3. The number of urea groups is 1. The highest BCUT2D eigenvalue weighted by Crippen LogP contribution is 2.20. The van der Waals surface area contributed by atoms with Crippen molar-refractivity contribution in [2.75, 3.05) is 18.4 Å². The van der Waals surface area contributed by atoms with E-state index in [2.05, 4.69) is 39.7 Å². The molecule has 0 spiro atoms. The molecule has 1 aromatic heterocycles. The number of amides is 3. The van der Waals surface area contributed by atoms with Crippen molar-refractivity contribution in [3.05, 3.63) is 42.6 Å². The van der Waals surface area contributed by atoms with Crippen LogP contribution in [0.3, 0.4) is 0 Å². The van der Waals surface area contributed by atoms with E-state index in [1.54, 1.807) is 12.2 Å². The van der Waals surface area contributed by atoms with E-state index < -0.39 is 11.7 Å². The van der Waals surface area contributed by atoms with Gasteiger partial charge in [-0.05, 0) is 51.5 Å². The fourth-order valence-corrected chi connectivity index (χ4v) is 2.66. The number of benzene rings is 1. The fourth-order valence-electron chi connectivity index (χ4n) is 2.66. The predicted octanol–water partition coefficient (Wildman–Crippen LogP) is 4.25. The van der Waals surface area contributed by atoms with Crippen LogP contribution in [0.4, 0.5) is 15.3 Å². The summed E-state index contributed by atoms with van der Waals surface area (Å²) in [6.07, 6.45) is 6.20. The topological polar surface area (TPSA) is 84.4 Å². The zero-order chi connectivity index (χ0) is 20.6. The Kier molecular flexibility index (Phi) is 7.49. The molecule has 1 heterocycles. The standard InChI is InChI=1S/C21H30N4O3/c1-5-13-25-14-10-16-15-17(8-9-18(16)25)24-19(26)22-11-6-7-12-23-20(27)28-21(2,3)4/h6-10,14-15H,5,11-13H2,1-4H3,(H,23,27)(H2,22,24,26). The maximum atomic E-state index is 12.0. The van der Waals surface area contributed by atoms with E-state index >= 15 is 0 Å². The van der Waals surface area contributed by atoms with Crippen LogP contribution in [0.25, 0.3) is 10.9 Å². The van der Waals surface area contributed by atoms with Crippen LogP contribution in [0.2, 0.25) is 0 Å². The summed E-state index contributed by atoms with van der Waals surface area (Å²) in [6.45, 7) is 9.25. The largest absolute Gasteiger partial charge is 0.444 e. The van der Waals surface area contributed by atoms with Crippen molar-refractivity contribution in [2.24, 2.45) is 0 Å². The third-order valence-electron chi connectivity index (χ3n) is 3.80. The zero-order valence-electron chi connectivity index (χ0n) is 17.0. The molecule has 1 aromatic carbocycles. The maximum Gasteiger partial charge on any atom is 0.407 e. The Balaban J connectivity index is 1.72. The number of carbonyl (C=O) groups excluding carboxylic acids is 2. The van der Waals surface area contributed by atoms with Crippen LogP contribution in [0.15, 0.2) is 42.6 Å². The van der Waals surface area contributed by atoms with Crippen molar-refractivity contribution in [1.29, 1.82) is 0 Å². The lowest BCUT2D eigenvalue weighted by molar-refractivity contribution is 0.0534. The molecule has 0 bridgehead atoms. The highest BCUT2D eigenvalue weighted by Gasteiger charge is 2.14. The predicted molar refractivity (Wildman–Crippen MR) is 113 cm³/mol. The summed E-state index contributed by atoms with van der Waals surface area (Å²) in [5.41, 5.74) is 1.39. The summed E-state index contributed by atoms with van der Waals surface area (Å²) >= 11 is 0. The summed E-state index contributed by atoms with van der Waals surface area (Å²) in [5.74, 6) is 0. The zero-order valence-corrected chi connectivity index (χ0v) is 17.0. The van der Waals surface area contributed by atoms with Crippen LogP contribution in [0.1, 0.15) is 34.1 Å². The number of nitrogens with zero attached hydrogens (tertiary/aromatic N) is 1. The van der Waals surface area contributed by atoms with Gasteiger partial charge in [0, 0.05) is 42.4 Å². The Hall–Kier alpha value is -2.96. The van der Waals surface area contributed by atoms with Gasteiger partial charge in [0.1, 0.15) is 5.60 Å². The van der Waals surface area contributed by atoms with E-state index in [-0.39, 0.29) is 6.03 Å². The molecule has 0 aliphatic rings. The van der Waals surface area contributed by atoms with Crippen molar-refractivity contribution < 1.29 is 14.3 Å². The highest BCUT2D eigenvalue weighted by molar-refractivity contribution is 5.93. The molecule has 0 atom stereocenters. The number of rotatable bonds is 7. The molecule has 0 fully saturated rings. The smallest absolute Gasteiger partial charge is 0.407 e. The van der Waals surface area contributed by atoms with Crippen LogP contribution in [0.5, 0.6) is 0 Å². The van der Waals surface area contributed by atoms with Crippen molar-refractivity contribution >= 4 is 28.7 Å². The molecule has 0 unspecified atom stereocenters. The minimum atomic E-state index is -0.519. The third kappa shape index (κ3) is 6.98. The molecule has 0 aliphatic heterocycles. The Morgan fingerprint density at radius 2 is 1.82 bits per heavy atom. The Bertz CT molecular complexity index is 834. The van der Waals surface area contributed by atoms with E-state index in [0.29, 0.717) is 13.1 Å². The first-order valence-electron chi connectivity index (χ1n) is 9.54. The molecule has 0 saturated heterocycles. The molecule has 7 nitrogen and oxygen atoms in total. The van der Waals surface area contributed by atoms with E-state index in [1.165, 1.54) is 0 Å². The molecule has 28 heavy (non-hydrogen) atoms. The molecule has 2 aromatic rings. The second-order valence-corrected chi connectivity index (χ2v) is 7.47. The molecule has 0 aliphatic carbocycles. The van der Waals surface area contributed by atoms with Gasteiger partial charge in [0.25, 0.3) is 0 Å². The number of alkyl carbamates (subject to hydrolysis) is 1. The monoisotopic (exact) mass is 386 g/mol. The molecule has 7 heteroatoms. The summed E-state index contributed by atoms with van der Waals surface area (Å²) in [6, 6.07) is 7.64. The lowest BCUT2D eigenvalue weighted by atomic mass is 10.2. The van der Waals surface area contributed by atoms with Crippen LogP contribution < -0.4 is 16.0 Å². The van der Waals surface area contributed by atoms with Gasteiger partial charge in [-0.25, -0.2) is 9.59 Å². The number of ether oxygens (including phenoxy) is 1. The van der Waals surface area contributed by atoms with Gasteiger partial charge in [0.2, 0.25) is 0 Å². The van der Waals surface area contributed by atoms with Gasteiger partial charge in [-0.2, -0.15) is 0 Å². The quantitative estimate of drug-likeness (QED) is 0.622. The number of anilines is 1.